The monoisotopic (exact) mass is 258 g/mol. The number of aliphatic hydroxyl groups excluding tert-OH is 1. The zero-order valence-electron chi connectivity index (χ0n) is 10.9. The number of carbonyl (C=O) groups excluding carboxylic acids is 1. The van der Waals surface area contributed by atoms with Gasteiger partial charge in [-0.25, -0.2) is 0 Å². The van der Waals surface area contributed by atoms with E-state index in [1.165, 1.54) is 0 Å². The minimum atomic E-state index is 0.00784. The Morgan fingerprint density at radius 1 is 1.42 bits per heavy atom. The molecule has 0 spiro atoms. The van der Waals surface area contributed by atoms with E-state index in [1.54, 1.807) is 17.0 Å². The smallest absolute Gasteiger partial charge is 0.223 e. The molecule has 1 N–H and O–H groups in total. The first-order chi connectivity index (χ1) is 9.24. The number of benzene rings is 1. The van der Waals surface area contributed by atoms with E-state index in [9.17, 15) is 9.90 Å². The third-order valence-electron chi connectivity index (χ3n) is 3.62. The lowest BCUT2D eigenvalue weighted by atomic mass is 10.1. The van der Waals surface area contributed by atoms with E-state index in [1.807, 2.05) is 12.1 Å². The molecule has 0 aliphatic carbocycles. The third-order valence-corrected chi connectivity index (χ3v) is 3.62. The Hall–Kier alpha value is -1.86. The van der Waals surface area contributed by atoms with Gasteiger partial charge in [-0.1, -0.05) is 12.1 Å². The molecule has 0 radical (unpaired) electrons. The molecule has 1 aliphatic heterocycles. The highest BCUT2D eigenvalue weighted by Gasteiger charge is 2.27. The van der Waals surface area contributed by atoms with E-state index in [4.69, 9.17) is 5.26 Å². The predicted octanol–water partition coefficient (Wildman–Crippen LogP) is 1.47. The summed E-state index contributed by atoms with van der Waals surface area (Å²) < 4.78 is 0. The lowest BCUT2D eigenvalue weighted by molar-refractivity contribution is -0.132. The van der Waals surface area contributed by atoms with Crippen LogP contribution in [0.3, 0.4) is 0 Å². The molecule has 1 saturated heterocycles. The molecule has 19 heavy (non-hydrogen) atoms. The minimum absolute atomic E-state index is 0.00784. The standard InChI is InChI=1S/C15H18N2O2/c16-10-13-5-3-12(4-6-13)7-8-15(19)17-9-1-2-14(17)11-18/h3-6,14,18H,1-2,7-9,11H2. The van der Waals surface area contributed by atoms with Crippen molar-refractivity contribution >= 4 is 5.91 Å². The van der Waals surface area contributed by atoms with Gasteiger partial charge in [-0.15, -0.1) is 0 Å². The number of aliphatic hydroxyl groups is 1. The van der Waals surface area contributed by atoms with Gasteiger partial charge in [0.05, 0.1) is 24.3 Å². The van der Waals surface area contributed by atoms with Crippen LogP contribution in [0.2, 0.25) is 0 Å². The zero-order valence-corrected chi connectivity index (χ0v) is 10.9. The van der Waals surface area contributed by atoms with Crippen LogP contribution in [0.15, 0.2) is 24.3 Å². The molecule has 4 heteroatoms. The van der Waals surface area contributed by atoms with Crippen LogP contribution in [0.25, 0.3) is 0 Å². The van der Waals surface area contributed by atoms with E-state index < -0.39 is 0 Å². The van der Waals surface area contributed by atoms with E-state index in [0.29, 0.717) is 18.4 Å². The molecule has 1 heterocycles. The first-order valence-corrected chi connectivity index (χ1v) is 6.64. The van der Waals surface area contributed by atoms with Gasteiger partial charge in [0.15, 0.2) is 0 Å². The van der Waals surface area contributed by atoms with Crippen molar-refractivity contribution in [1.29, 1.82) is 5.26 Å². The van der Waals surface area contributed by atoms with Gasteiger partial charge in [-0.3, -0.25) is 4.79 Å². The molecular weight excluding hydrogens is 240 g/mol. The summed E-state index contributed by atoms with van der Waals surface area (Å²) in [6.45, 7) is 0.819. The van der Waals surface area contributed by atoms with E-state index >= 15 is 0 Å². The van der Waals surface area contributed by atoms with Gasteiger partial charge in [0.1, 0.15) is 0 Å². The van der Waals surface area contributed by atoms with Crippen LogP contribution in [0, 0.1) is 11.3 Å². The van der Waals surface area contributed by atoms with Crippen molar-refractivity contribution in [2.45, 2.75) is 31.7 Å². The van der Waals surface area contributed by atoms with Gasteiger partial charge in [0.25, 0.3) is 0 Å². The summed E-state index contributed by atoms with van der Waals surface area (Å²) in [7, 11) is 0. The van der Waals surface area contributed by atoms with Crippen LogP contribution >= 0.6 is 0 Å². The van der Waals surface area contributed by atoms with Crippen molar-refractivity contribution in [1.82, 2.24) is 4.90 Å². The fourth-order valence-electron chi connectivity index (χ4n) is 2.49. The average molecular weight is 258 g/mol. The van der Waals surface area contributed by atoms with Gasteiger partial charge in [0.2, 0.25) is 5.91 Å². The molecule has 1 aromatic carbocycles. The van der Waals surface area contributed by atoms with Crippen molar-refractivity contribution < 1.29 is 9.90 Å². The number of nitriles is 1. The number of hydrogen-bond acceptors (Lipinski definition) is 3. The molecular formula is C15H18N2O2. The summed E-state index contributed by atoms with van der Waals surface area (Å²) in [5.74, 6) is 0.112. The van der Waals surface area contributed by atoms with E-state index in [-0.39, 0.29) is 18.6 Å². The lowest BCUT2D eigenvalue weighted by Crippen LogP contribution is -2.37. The first kappa shape index (κ1) is 13.6. The third kappa shape index (κ3) is 3.33. The Morgan fingerprint density at radius 3 is 2.79 bits per heavy atom. The van der Waals surface area contributed by atoms with Gasteiger partial charge in [0, 0.05) is 13.0 Å². The Kier molecular flexibility index (Phi) is 4.53. The molecule has 4 nitrogen and oxygen atoms in total. The minimum Gasteiger partial charge on any atom is -0.394 e. The molecule has 2 rings (SSSR count). The number of likely N-dealkylation sites (tertiary alicyclic amines) is 1. The SMILES string of the molecule is N#Cc1ccc(CCC(=O)N2CCCC2CO)cc1. The van der Waals surface area contributed by atoms with Crippen molar-refractivity contribution in [3.63, 3.8) is 0 Å². The van der Waals surface area contributed by atoms with Gasteiger partial charge >= 0.3 is 0 Å². The molecule has 100 valence electrons. The Balaban J connectivity index is 1.87. The topological polar surface area (TPSA) is 64.3 Å². The molecule has 1 aliphatic rings. The Labute approximate surface area is 113 Å². The molecule has 0 bridgehead atoms. The summed E-state index contributed by atoms with van der Waals surface area (Å²) >= 11 is 0. The molecule has 0 aromatic heterocycles. The summed E-state index contributed by atoms with van der Waals surface area (Å²) in [6.07, 6.45) is 3.02. The second-order valence-corrected chi connectivity index (χ2v) is 4.87. The van der Waals surface area contributed by atoms with E-state index in [2.05, 4.69) is 6.07 Å². The number of aryl methyl sites for hydroxylation is 1. The van der Waals surface area contributed by atoms with Gasteiger partial charge in [-0.05, 0) is 37.0 Å². The van der Waals surface area contributed by atoms with Crippen LogP contribution in [0.5, 0.6) is 0 Å². The second-order valence-electron chi connectivity index (χ2n) is 4.87. The summed E-state index contributed by atoms with van der Waals surface area (Å²) in [4.78, 5) is 13.9. The van der Waals surface area contributed by atoms with Crippen LogP contribution in [0.1, 0.15) is 30.4 Å². The van der Waals surface area contributed by atoms with E-state index in [0.717, 1.165) is 24.9 Å². The fraction of sp³-hybridized carbons (Fsp3) is 0.467. The van der Waals surface area contributed by atoms with Crippen molar-refractivity contribution in [2.24, 2.45) is 0 Å². The maximum absolute atomic E-state index is 12.1. The number of nitrogens with zero attached hydrogens (tertiary/aromatic N) is 2. The van der Waals surface area contributed by atoms with Crippen molar-refractivity contribution in [2.75, 3.05) is 13.2 Å². The van der Waals surface area contributed by atoms with Crippen molar-refractivity contribution in [3.05, 3.63) is 35.4 Å². The quantitative estimate of drug-likeness (QED) is 0.889. The number of hydrogen-bond donors (Lipinski definition) is 1. The first-order valence-electron chi connectivity index (χ1n) is 6.64. The molecule has 1 aromatic rings. The van der Waals surface area contributed by atoms with Crippen LogP contribution in [-0.2, 0) is 11.2 Å². The lowest BCUT2D eigenvalue weighted by Gasteiger charge is -2.23. The van der Waals surface area contributed by atoms with Crippen LogP contribution in [-0.4, -0.2) is 35.1 Å². The molecule has 1 amide bonds. The molecule has 1 unspecified atom stereocenters. The van der Waals surface area contributed by atoms with Gasteiger partial charge < -0.3 is 10.0 Å². The summed E-state index contributed by atoms with van der Waals surface area (Å²) in [5, 5.41) is 17.9. The Morgan fingerprint density at radius 2 is 2.16 bits per heavy atom. The second kappa shape index (κ2) is 6.35. The summed E-state index contributed by atoms with van der Waals surface area (Å²) in [6, 6.07) is 9.40. The highest BCUT2D eigenvalue weighted by molar-refractivity contribution is 5.77. The zero-order chi connectivity index (χ0) is 13.7. The molecule has 1 fully saturated rings. The average Bonchev–Trinajstić information content (AvgIpc) is 2.93. The highest BCUT2D eigenvalue weighted by Crippen LogP contribution is 2.18. The van der Waals surface area contributed by atoms with Gasteiger partial charge in [-0.2, -0.15) is 5.26 Å². The molecule has 0 saturated carbocycles. The maximum Gasteiger partial charge on any atom is 0.223 e. The Bertz CT molecular complexity index is 476. The summed E-state index contributed by atoms with van der Waals surface area (Å²) in [5.41, 5.74) is 1.70. The predicted molar refractivity (Wildman–Crippen MR) is 71.3 cm³/mol. The normalized spacial score (nSPS) is 18.3. The maximum atomic E-state index is 12.1. The van der Waals surface area contributed by atoms with Crippen LogP contribution < -0.4 is 0 Å². The highest BCUT2D eigenvalue weighted by atomic mass is 16.3. The fourth-order valence-corrected chi connectivity index (χ4v) is 2.49. The largest absolute Gasteiger partial charge is 0.394 e. The van der Waals surface area contributed by atoms with Crippen molar-refractivity contribution in [3.8, 4) is 6.07 Å². The number of carbonyl (C=O) groups is 1. The number of amides is 1. The molecule has 1 atom stereocenters. The van der Waals surface area contributed by atoms with Crippen LogP contribution in [0.4, 0.5) is 0 Å². The number of rotatable bonds is 4.